The molecular formula is C12H20O2S. The zero-order valence-electron chi connectivity index (χ0n) is 9.19. The van der Waals surface area contributed by atoms with Crippen LogP contribution in [0.3, 0.4) is 0 Å². The summed E-state index contributed by atoms with van der Waals surface area (Å²) < 4.78 is 11.0. The number of thioether (sulfide) groups is 1. The second-order valence-corrected chi connectivity index (χ2v) is 4.50. The van der Waals surface area contributed by atoms with Crippen molar-refractivity contribution in [3.05, 3.63) is 24.8 Å². The van der Waals surface area contributed by atoms with Crippen LogP contribution in [-0.4, -0.2) is 31.0 Å². The van der Waals surface area contributed by atoms with Gasteiger partial charge in [0.1, 0.15) is 0 Å². The molecule has 0 spiro atoms. The zero-order chi connectivity index (χ0) is 10.8. The van der Waals surface area contributed by atoms with Gasteiger partial charge in [-0.25, -0.2) is 0 Å². The first kappa shape index (κ1) is 12.8. The third kappa shape index (κ3) is 6.77. The van der Waals surface area contributed by atoms with Gasteiger partial charge < -0.3 is 9.47 Å². The molecular weight excluding hydrogens is 208 g/mol. The highest BCUT2D eigenvalue weighted by Gasteiger charge is 2.12. The van der Waals surface area contributed by atoms with E-state index in [1.54, 1.807) is 0 Å². The van der Waals surface area contributed by atoms with Gasteiger partial charge >= 0.3 is 0 Å². The Kier molecular flexibility index (Phi) is 7.70. The Hall–Kier alpha value is -0.250. The third-order valence-corrected chi connectivity index (χ3v) is 3.03. The molecule has 0 amide bonds. The van der Waals surface area contributed by atoms with Crippen LogP contribution in [0, 0.1) is 0 Å². The van der Waals surface area contributed by atoms with Crippen molar-refractivity contribution in [1.82, 2.24) is 0 Å². The molecule has 0 aromatic carbocycles. The molecule has 3 heteroatoms. The van der Waals surface area contributed by atoms with Crippen LogP contribution in [0.2, 0.25) is 0 Å². The summed E-state index contributed by atoms with van der Waals surface area (Å²) in [5.41, 5.74) is 0. The molecule has 1 rings (SSSR count). The zero-order valence-corrected chi connectivity index (χ0v) is 10.0. The standard InChI is InChI=1S/C12H20O2S/c1-2-10-15-11-6-5-9-14-12-7-3-4-8-13-12/h2,5-6,12H,1,3-4,7-11H2/b6-5-. The van der Waals surface area contributed by atoms with Crippen molar-refractivity contribution >= 4 is 11.8 Å². The van der Waals surface area contributed by atoms with E-state index in [2.05, 4.69) is 18.7 Å². The average molecular weight is 228 g/mol. The van der Waals surface area contributed by atoms with Crippen molar-refractivity contribution in [2.75, 3.05) is 24.7 Å². The van der Waals surface area contributed by atoms with Crippen LogP contribution in [-0.2, 0) is 9.47 Å². The minimum absolute atomic E-state index is 0.0317. The fourth-order valence-electron chi connectivity index (χ4n) is 1.36. The van der Waals surface area contributed by atoms with Crippen LogP contribution in [0.15, 0.2) is 24.8 Å². The quantitative estimate of drug-likeness (QED) is 0.493. The highest BCUT2D eigenvalue weighted by atomic mass is 32.2. The smallest absolute Gasteiger partial charge is 0.157 e. The van der Waals surface area contributed by atoms with Gasteiger partial charge in [-0.05, 0) is 19.3 Å². The molecule has 0 N–H and O–H groups in total. The maximum atomic E-state index is 5.55. The Bertz CT molecular complexity index is 186. The van der Waals surface area contributed by atoms with Gasteiger partial charge in [-0.15, -0.1) is 6.58 Å². The van der Waals surface area contributed by atoms with E-state index in [0.29, 0.717) is 6.61 Å². The molecule has 1 atom stereocenters. The third-order valence-electron chi connectivity index (χ3n) is 2.13. The van der Waals surface area contributed by atoms with Crippen LogP contribution in [0.25, 0.3) is 0 Å². The van der Waals surface area contributed by atoms with Crippen LogP contribution in [0.1, 0.15) is 19.3 Å². The predicted molar refractivity (Wildman–Crippen MR) is 66.2 cm³/mol. The van der Waals surface area contributed by atoms with Gasteiger partial charge in [0.05, 0.1) is 6.61 Å². The largest absolute Gasteiger partial charge is 0.353 e. The van der Waals surface area contributed by atoms with Crippen molar-refractivity contribution in [1.29, 1.82) is 0 Å². The van der Waals surface area contributed by atoms with Crippen LogP contribution < -0.4 is 0 Å². The van der Waals surface area contributed by atoms with Crippen molar-refractivity contribution in [2.45, 2.75) is 25.6 Å². The van der Waals surface area contributed by atoms with Crippen molar-refractivity contribution in [3.8, 4) is 0 Å². The number of rotatable bonds is 7. The normalized spacial score (nSPS) is 22.0. The topological polar surface area (TPSA) is 18.5 Å². The van der Waals surface area contributed by atoms with Gasteiger partial charge in [0.25, 0.3) is 0 Å². The number of hydrogen-bond donors (Lipinski definition) is 0. The summed E-state index contributed by atoms with van der Waals surface area (Å²) in [6.45, 7) is 5.19. The molecule has 0 aliphatic carbocycles. The molecule has 1 unspecified atom stereocenters. The molecule has 1 heterocycles. The Balaban J connectivity index is 1.92. The molecule has 2 nitrogen and oxygen atoms in total. The second kappa shape index (κ2) is 9.01. The first-order chi connectivity index (χ1) is 7.43. The second-order valence-electron chi connectivity index (χ2n) is 3.43. The van der Waals surface area contributed by atoms with Crippen LogP contribution >= 0.6 is 11.8 Å². The van der Waals surface area contributed by atoms with Gasteiger partial charge in [-0.1, -0.05) is 18.2 Å². The lowest BCUT2D eigenvalue weighted by Crippen LogP contribution is -2.22. The summed E-state index contributed by atoms with van der Waals surface area (Å²) in [5.74, 6) is 2.04. The average Bonchev–Trinajstić information content (AvgIpc) is 2.29. The Labute approximate surface area is 96.7 Å². The minimum atomic E-state index is 0.0317. The van der Waals surface area contributed by atoms with Gasteiger partial charge in [0.2, 0.25) is 0 Å². The van der Waals surface area contributed by atoms with E-state index in [4.69, 9.17) is 9.47 Å². The molecule has 1 aliphatic rings. The van der Waals surface area contributed by atoms with Crippen LogP contribution in [0.4, 0.5) is 0 Å². The molecule has 0 aromatic heterocycles. The SMILES string of the molecule is C=CCSC/C=C\COC1CCCCO1. The Morgan fingerprint density at radius 3 is 3.00 bits per heavy atom. The number of ether oxygens (including phenoxy) is 2. The molecule has 1 saturated heterocycles. The van der Waals surface area contributed by atoms with Crippen molar-refractivity contribution < 1.29 is 9.47 Å². The predicted octanol–water partition coefficient (Wildman–Crippen LogP) is 3.01. The highest BCUT2D eigenvalue weighted by Crippen LogP contribution is 2.13. The van der Waals surface area contributed by atoms with Gasteiger partial charge in [0.15, 0.2) is 6.29 Å². The fraction of sp³-hybridized carbons (Fsp3) is 0.667. The highest BCUT2D eigenvalue weighted by molar-refractivity contribution is 7.99. The summed E-state index contributed by atoms with van der Waals surface area (Å²) in [6.07, 6.45) is 9.59. The minimum Gasteiger partial charge on any atom is -0.353 e. The summed E-state index contributed by atoms with van der Waals surface area (Å²) in [5, 5.41) is 0. The summed E-state index contributed by atoms with van der Waals surface area (Å²) >= 11 is 1.85. The maximum Gasteiger partial charge on any atom is 0.157 e. The van der Waals surface area contributed by atoms with E-state index < -0.39 is 0 Å². The molecule has 0 radical (unpaired) electrons. The summed E-state index contributed by atoms with van der Waals surface area (Å²) in [6, 6.07) is 0. The Morgan fingerprint density at radius 1 is 1.33 bits per heavy atom. The summed E-state index contributed by atoms with van der Waals surface area (Å²) in [7, 11) is 0. The van der Waals surface area contributed by atoms with E-state index in [0.717, 1.165) is 24.5 Å². The lowest BCUT2D eigenvalue weighted by atomic mass is 10.2. The van der Waals surface area contributed by atoms with E-state index in [1.165, 1.54) is 12.8 Å². The van der Waals surface area contributed by atoms with Gasteiger partial charge in [-0.2, -0.15) is 11.8 Å². The van der Waals surface area contributed by atoms with E-state index >= 15 is 0 Å². The first-order valence-electron chi connectivity index (χ1n) is 5.50. The molecule has 1 aliphatic heterocycles. The molecule has 86 valence electrons. The van der Waals surface area contributed by atoms with E-state index in [1.807, 2.05) is 17.8 Å². The maximum absolute atomic E-state index is 5.55. The van der Waals surface area contributed by atoms with E-state index in [-0.39, 0.29) is 6.29 Å². The number of hydrogen-bond acceptors (Lipinski definition) is 3. The molecule has 0 saturated carbocycles. The lowest BCUT2D eigenvalue weighted by molar-refractivity contribution is -0.155. The fourth-order valence-corrected chi connectivity index (χ4v) is 1.94. The summed E-state index contributed by atoms with van der Waals surface area (Å²) in [4.78, 5) is 0. The van der Waals surface area contributed by atoms with Crippen molar-refractivity contribution in [3.63, 3.8) is 0 Å². The van der Waals surface area contributed by atoms with Crippen molar-refractivity contribution in [2.24, 2.45) is 0 Å². The van der Waals surface area contributed by atoms with Crippen LogP contribution in [0.5, 0.6) is 0 Å². The first-order valence-corrected chi connectivity index (χ1v) is 6.66. The molecule has 15 heavy (non-hydrogen) atoms. The molecule has 0 bridgehead atoms. The molecule has 1 fully saturated rings. The van der Waals surface area contributed by atoms with Gasteiger partial charge in [-0.3, -0.25) is 0 Å². The van der Waals surface area contributed by atoms with Gasteiger partial charge in [0, 0.05) is 18.1 Å². The molecule has 0 aromatic rings. The Morgan fingerprint density at radius 2 is 2.27 bits per heavy atom. The van der Waals surface area contributed by atoms with E-state index in [9.17, 15) is 0 Å². The monoisotopic (exact) mass is 228 g/mol. The lowest BCUT2D eigenvalue weighted by Gasteiger charge is -2.21.